The Bertz CT molecular complexity index is 404. The summed E-state index contributed by atoms with van der Waals surface area (Å²) in [5.41, 5.74) is 1.55. The van der Waals surface area contributed by atoms with Crippen LogP contribution < -0.4 is 11.3 Å². The maximum absolute atomic E-state index is 13.1. The summed E-state index contributed by atoms with van der Waals surface area (Å²) in [6, 6.07) is 2.52. The second-order valence-corrected chi connectivity index (χ2v) is 4.27. The molecule has 0 amide bonds. The van der Waals surface area contributed by atoms with Crippen LogP contribution in [0, 0.1) is 11.7 Å². The van der Waals surface area contributed by atoms with Gasteiger partial charge in [-0.1, -0.05) is 26.3 Å². The summed E-state index contributed by atoms with van der Waals surface area (Å²) in [6.07, 6.45) is -3.96. The van der Waals surface area contributed by atoms with Gasteiger partial charge < -0.3 is 0 Å². The lowest BCUT2D eigenvalue weighted by Gasteiger charge is -2.23. The monoisotopic (exact) mass is 264 g/mol. The standard InChI is InChI=1S/C12H16F4N2/c1-3-7(2)11(18-17)8-4-5-10(13)9(6-8)12(14,15)16/h4-7,11,18H,3,17H2,1-2H3. The quantitative estimate of drug-likeness (QED) is 0.497. The van der Waals surface area contributed by atoms with E-state index >= 15 is 0 Å². The van der Waals surface area contributed by atoms with Crippen LogP contribution >= 0.6 is 0 Å². The number of halogens is 4. The van der Waals surface area contributed by atoms with E-state index in [0.29, 0.717) is 5.56 Å². The summed E-state index contributed by atoms with van der Waals surface area (Å²) < 4.78 is 50.9. The first-order valence-electron chi connectivity index (χ1n) is 5.64. The van der Waals surface area contributed by atoms with Gasteiger partial charge in [-0.15, -0.1) is 0 Å². The van der Waals surface area contributed by atoms with E-state index in [0.717, 1.165) is 18.6 Å². The molecule has 102 valence electrons. The van der Waals surface area contributed by atoms with Crippen molar-refractivity contribution in [1.29, 1.82) is 0 Å². The third-order valence-electron chi connectivity index (χ3n) is 3.05. The van der Waals surface area contributed by atoms with Gasteiger partial charge in [0, 0.05) is 6.04 Å². The molecule has 0 radical (unpaired) electrons. The van der Waals surface area contributed by atoms with Crippen molar-refractivity contribution in [2.24, 2.45) is 11.8 Å². The van der Waals surface area contributed by atoms with E-state index in [9.17, 15) is 17.6 Å². The van der Waals surface area contributed by atoms with E-state index in [4.69, 9.17) is 5.84 Å². The van der Waals surface area contributed by atoms with E-state index in [-0.39, 0.29) is 5.92 Å². The SMILES string of the molecule is CCC(C)C(NN)c1ccc(F)c(C(F)(F)F)c1. The molecule has 1 aromatic rings. The largest absolute Gasteiger partial charge is 0.419 e. The summed E-state index contributed by atoms with van der Waals surface area (Å²) in [7, 11) is 0. The Hall–Kier alpha value is -1.14. The molecule has 0 heterocycles. The number of hydrazine groups is 1. The third-order valence-corrected chi connectivity index (χ3v) is 3.05. The van der Waals surface area contributed by atoms with Gasteiger partial charge in [-0.25, -0.2) is 4.39 Å². The molecule has 0 aliphatic carbocycles. The van der Waals surface area contributed by atoms with E-state index in [2.05, 4.69) is 5.43 Å². The molecule has 2 unspecified atom stereocenters. The van der Waals surface area contributed by atoms with Crippen molar-refractivity contribution in [3.05, 3.63) is 35.1 Å². The van der Waals surface area contributed by atoms with Crippen LogP contribution in [0.25, 0.3) is 0 Å². The van der Waals surface area contributed by atoms with Crippen molar-refractivity contribution in [2.45, 2.75) is 32.5 Å². The second-order valence-electron chi connectivity index (χ2n) is 4.27. The van der Waals surface area contributed by atoms with E-state index in [1.54, 1.807) is 0 Å². The van der Waals surface area contributed by atoms with Gasteiger partial charge in [0.15, 0.2) is 0 Å². The van der Waals surface area contributed by atoms with Gasteiger partial charge in [-0.05, 0) is 23.6 Å². The molecule has 0 aliphatic heterocycles. The Morgan fingerprint density at radius 3 is 2.39 bits per heavy atom. The Morgan fingerprint density at radius 2 is 1.94 bits per heavy atom. The van der Waals surface area contributed by atoms with Crippen molar-refractivity contribution in [2.75, 3.05) is 0 Å². The van der Waals surface area contributed by atoms with Crippen LogP contribution in [0.5, 0.6) is 0 Å². The van der Waals surface area contributed by atoms with Crippen molar-refractivity contribution in [1.82, 2.24) is 5.43 Å². The first-order chi connectivity index (χ1) is 8.31. The molecule has 0 spiro atoms. The third kappa shape index (κ3) is 3.20. The predicted octanol–water partition coefficient (Wildman–Crippen LogP) is 3.40. The van der Waals surface area contributed by atoms with Crippen LogP contribution in [0.3, 0.4) is 0 Å². The molecular formula is C12H16F4N2. The molecule has 1 aromatic carbocycles. The number of nitrogens with two attached hydrogens (primary N) is 1. The minimum absolute atomic E-state index is 0.0431. The van der Waals surface area contributed by atoms with Gasteiger partial charge in [0.05, 0.1) is 5.56 Å². The topological polar surface area (TPSA) is 38.0 Å². The minimum Gasteiger partial charge on any atom is -0.271 e. The van der Waals surface area contributed by atoms with E-state index in [1.807, 2.05) is 13.8 Å². The molecule has 2 atom stereocenters. The van der Waals surface area contributed by atoms with Crippen molar-refractivity contribution >= 4 is 0 Å². The Balaban J connectivity index is 3.18. The fourth-order valence-corrected chi connectivity index (χ4v) is 1.78. The molecule has 0 saturated heterocycles. The number of hydrogen-bond donors (Lipinski definition) is 2. The average molecular weight is 264 g/mol. The highest BCUT2D eigenvalue weighted by Gasteiger charge is 2.35. The zero-order valence-electron chi connectivity index (χ0n) is 10.2. The lowest BCUT2D eigenvalue weighted by Crippen LogP contribution is -2.32. The highest BCUT2D eigenvalue weighted by Crippen LogP contribution is 2.34. The van der Waals surface area contributed by atoms with Crippen LogP contribution in [-0.4, -0.2) is 0 Å². The highest BCUT2D eigenvalue weighted by molar-refractivity contribution is 5.29. The molecule has 0 aromatic heterocycles. The maximum Gasteiger partial charge on any atom is 0.419 e. The van der Waals surface area contributed by atoms with Crippen molar-refractivity contribution in [3.63, 3.8) is 0 Å². The van der Waals surface area contributed by atoms with Crippen LogP contribution in [0.4, 0.5) is 17.6 Å². The molecule has 6 heteroatoms. The zero-order valence-corrected chi connectivity index (χ0v) is 10.2. The lowest BCUT2D eigenvalue weighted by atomic mass is 9.92. The molecule has 0 fully saturated rings. The summed E-state index contributed by atoms with van der Waals surface area (Å²) in [5.74, 6) is 4.12. The van der Waals surface area contributed by atoms with E-state index < -0.39 is 23.6 Å². The lowest BCUT2D eigenvalue weighted by molar-refractivity contribution is -0.140. The number of hydrogen-bond acceptors (Lipinski definition) is 2. The molecule has 2 nitrogen and oxygen atoms in total. The van der Waals surface area contributed by atoms with Crippen molar-refractivity contribution < 1.29 is 17.6 Å². The van der Waals surface area contributed by atoms with Crippen LogP contribution in [-0.2, 0) is 6.18 Å². The number of benzene rings is 1. The normalized spacial score (nSPS) is 15.5. The predicted molar refractivity (Wildman–Crippen MR) is 60.9 cm³/mol. The van der Waals surface area contributed by atoms with E-state index in [1.165, 1.54) is 6.07 Å². The van der Waals surface area contributed by atoms with Gasteiger partial charge in [-0.2, -0.15) is 13.2 Å². The number of rotatable bonds is 4. The fourth-order valence-electron chi connectivity index (χ4n) is 1.78. The van der Waals surface area contributed by atoms with Crippen LogP contribution in [0.15, 0.2) is 18.2 Å². The molecule has 0 saturated carbocycles. The van der Waals surface area contributed by atoms with Crippen LogP contribution in [0.1, 0.15) is 37.4 Å². The van der Waals surface area contributed by atoms with Gasteiger partial charge in [0.25, 0.3) is 0 Å². The molecule has 1 rings (SSSR count). The smallest absolute Gasteiger partial charge is 0.271 e. The summed E-state index contributed by atoms with van der Waals surface area (Å²) >= 11 is 0. The fraction of sp³-hybridized carbons (Fsp3) is 0.500. The molecule has 0 bridgehead atoms. The first kappa shape index (κ1) is 14.9. The first-order valence-corrected chi connectivity index (χ1v) is 5.64. The number of nitrogens with one attached hydrogen (secondary N) is 1. The summed E-state index contributed by atoms with van der Waals surface area (Å²) in [4.78, 5) is 0. The maximum atomic E-state index is 13.1. The zero-order chi connectivity index (χ0) is 13.9. The van der Waals surface area contributed by atoms with Gasteiger partial charge >= 0.3 is 6.18 Å². The molecule has 3 N–H and O–H groups in total. The van der Waals surface area contributed by atoms with Crippen LogP contribution in [0.2, 0.25) is 0 Å². The molecule has 0 aliphatic rings. The minimum atomic E-state index is -4.70. The average Bonchev–Trinajstić information content (AvgIpc) is 2.30. The highest BCUT2D eigenvalue weighted by atomic mass is 19.4. The Morgan fingerprint density at radius 1 is 1.33 bits per heavy atom. The van der Waals surface area contributed by atoms with Gasteiger partial charge in [0.1, 0.15) is 5.82 Å². The second kappa shape index (κ2) is 5.67. The number of alkyl halides is 3. The van der Waals surface area contributed by atoms with Gasteiger partial charge in [-0.3, -0.25) is 11.3 Å². The molecule has 18 heavy (non-hydrogen) atoms. The Kier molecular flexibility index (Phi) is 4.70. The van der Waals surface area contributed by atoms with Gasteiger partial charge in [0.2, 0.25) is 0 Å². The Labute approximate surface area is 103 Å². The summed E-state index contributed by atoms with van der Waals surface area (Å²) in [5, 5.41) is 0. The molecular weight excluding hydrogens is 248 g/mol. The van der Waals surface area contributed by atoms with Crippen molar-refractivity contribution in [3.8, 4) is 0 Å². The summed E-state index contributed by atoms with van der Waals surface area (Å²) in [6.45, 7) is 3.77.